The Kier molecular flexibility index (Phi) is 4.73. The average Bonchev–Trinajstić information content (AvgIpc) is 3.26. The van der Waals surface area contributed by atoms with Crippen LogP contribution in [0.2, 0.25) is 0 Å². The molecular formula is C17H13N5O3S2. The highest BCUT2D eigenvalue weighted by atomic mass is 32.2. The van der Waals surface area contributed by atoms with Gasteiger partial charge in [0.2, 0.25) is 5.13 Å². The van der Waals surface area contributed by atoms with E-state index >= 15 is 0 Å². The number of nitrogens with one attached hydrogen (secondary N) is 1. The van der Waals surface area contributed by atoms with Gasteiger partial charge in [0.1, 0.15) is 5.76 Å². The minimum atomic E-state index is -0.267. The van der Waals surface area contributed by atoms with E-state index in [-0.39, 0.29) is 11.5 Å². The second kappa shape index (κ2) is 7.33. The number of aryl methyl sites for hydroxylation is 1. The van der Waals surface area contributed by atoms with E-state index in [1.165, 1.54) is 29.2 Å². The Morgan fingerprint density at radius 2 is 2.07 bits per heavy atom. The molecule has 10 heteroatoms. The molecule has 0 bridgehead atoms. The zero-order valence-corrected chi connectivity index (χ0v) is 15.7. The fourth-order valence-corrected chi connectivity index (χ4v) is 4.00. The summed E-state index contributed by atoms with van der Waals surface area (Å²) in [4.78, 5) is 28.6. The molecule has 0 saturated carbocycles. The number of nitrogens with zero attached hydrogens (tertiary/aromatic N) is 4. The molecule has 27 heavy (non-hydrogen) atoms. The maximum Gasteiger partial charge on any atom is 0.287 e. The number of fused-ring (bicyclic) bond motifs is 1. The van der Waals surface area contributed by atoms with Gasteiger partial charge >= 0.3 is 0 Å². The van der Waals surface area contributed by atoms with Crippen LogP contribution in [-0.2, 0) is 5.75 Å². The van der Waals surface area contributed by atoms with Crippen LogP contribution in [0.4, 0.5) is 5.13 Å². The number of carbonyl (C=O) groups excluding carboxylic acids is 1. The summed E-state index contributed by atoms with van der Waals surface area (Å²) in [5, 5.41) is 11.2. The van der Waals surface area contributed by atoms with Crippen LogP contribution in [0.1, 0.15) is 21.8 Å². The molecule has 0 radical (unpaired) electrons. The minimum absolute atomic E-state index is 0.237. The van der Waals surface area contributed by atoms with Crippen molar-refractivity contribution in [3.05, 3.63) is 69.8 Å². The van der Waals surface area contributed by atoms with E-state index in [1.54, 1.807) is 37.3 Å². The van der Waals surface area contributed by atoms with Crippen molar-refractivity contribution in [1.82, 2.24) is 19.8 Å². The van der Waals surface area contributed by atoms with Gasteiger partial charge in [-0.2, -0.15) is 0 Å². The van der Waals surface area contributed by atoms with Crippen molar-refractivity contribution in [2.45, 2.75) is 17.0 Å². The molecule has 0 aliphatic heterocycles. The molecule has 136 valence electrons. The normalized spacial score (nSPS) is 11.0. The fraction of sp³-hybridized carbons (Fsp3) is 0.118. The van der Waals surface area contributed by atoms with Crippen LogP contribution in [-0.4, -0.2) is 25.7 Å². The van der Waals surface area contributed by atoms with Crippen molar-refractivity contribution in [3.63, 3.8) is 0 Å². The van der Waals surface area contributed by atoms with Crippen molar-refractivity contribution in [3.8, 4) is 0 Å². The first-order valence-corrected chi connectivity index (χ1v) is 9.71. The number of thioether (sulfide) groups is 1. The minimum Gasteiger partial charge on any atom is -0.375 e. The SMILES string of the molecule is Cc1cc2nc(CSc3nnc(NC(=O)c4ccccc4)s3)cc(=O)n2o1. The standard InChI is InChI=1S/C17H13N5O3S2/c1-10-7-13-18-12(8-14(23)22(13)25-10)9-26-17-21-20-16(27-17)19-15(24)11-5-3-2-4-6-11/h2-8H,9H2,1H3,(H,19,20,24). The van der Waals surface area contributed by atoms with Crippen molar-refractivity contribution in [2.24, 2.45) is 0 Å². The first kappa shape index (κ1) is 17.4. The van der Waals surface area contributed by atoms with Crippen LogP contribution >= 0.6 is 23.1 Å². The van der Waals surface area contributed by atoms with E-state index in [1.807, 2.05) is 6.07 Å². The van der Waals surface area contributed by atoms with Crippen molar-refractivity contribution < 1.29 is 9.32 Å². The first-order valence-electron chi connectivity index (χ1n) is 7.91. The second-order valence-electron chi connectivity index (χ2n) is 5.57. The molecule has 0 aliphatic rings. The molecule has 3 aromatic heterocycles. The van der Waals surface area contributed by atoms with Crippen molar-refractivity contribution in [2.75, 3.05) is 5.32 Å². The van der Waals surface area contributed by atoms with Crippen LogP contribution in [0.25, 0.3) is 5.65 Å². The molecular weight excluding hydrogens is 386 g/mol. The summed E-state index contributed by atoms with van der Waals surface area (Å²) in [6.07, 6.45) is 0. The molecule has 4 rings (SSSR count). The molecule has 4 aromatic rings. The third-order valence-electron chi connectivity index (χ3n) is 3.53. The molecule has 8 nitrogen and oxygen atoms in total. The monoisotopic (exact) mass is 399 g/mol. The van der Waals surface area contributed by atoms with Gasteiger partial charge in [0.15, 0.2) is 9.99 Å². The Morgan fingerprint density at radius 3 is 2.89 bits per heavy atom. The predicted octanol–water partition coefficient (Wildman–Crippen LogP) is 2.99. The van der Waals surface area contributed by atoms with Gasteiger partial charge in [-0.15, -0.1) is 14.8 Å². The van der Waals surface area contributed by atoms with E-state index in [0.717, 1.165) is 4.57 Å². The number of benzene rings is 1. The van der Waals surface area contributed by atoms with Crippen molar-refractivity contribution >= 4 is 39.8 Å². The smallest absolute Gasteiger partial charge is 0.287 e. The van der Waals surface area contributed by atoms with Gasteiger partial charge in [-0.05, 0) is 19.1 Å². The highest BCUT2D eigenvalue weighted by Gasteiger charge is 2.12. The number of hydrogen-bond acceptors (Lipinski definition) is 8. The third-order valence-corrected chi connectivity index (χ3v) is 5.54. The Labute approximate surface area is 161 Å². The zero-order valence-electron chi connectivity index (χ0n) is 14.1. The van der Waals surface area contributed by atoms with Crippen LogP contribution in [0, 0.1) is 6.92 Å². The number of rotatable bonds is 5. The Morgan fingerprint density at radius 1 is 1.26 bits per heavy atom. The molecule has 0 unspecified atom stereocenters. The second-order valence-corrected chi connectivity index (χ2v) is 7.77. The van der Waals surface area contributed by atoms with Gasteiger partial charge < -0.3 is 4.52 Å². The van der Waals surface area contributed by atoms with Crippen LogP contribution in [0.5, 0.6) is 0 Å². The molecule has 0 saturated heterocycles. The van der Waals surface area contributed by atoms with E-state index < -0.39 is 0 Å². The topological polar surface area (TPSA) is 102 Å². The highest BCUT2D eigenvalue weighted by molar-refractivity contribution is 8.00. The van der Waals surface area contributed by atoms with Gasteiger partial charge in [-0.1, -0.05) is 41.3 Å². The molecule has 1 aromatic carbocycles. The molecule has 3 heterocycles. The highest BCUT2D eigenvalue weighted by Crippen LogP contribution is 2.28. The lowest BCUT2D eigenvalue weighted by atomic mass is 10.2. The predicted molar refractivity (Wildman–Crippen MR) is 102 cm³/mol. The van der Waals surface area contributed by atoms with Gasteiger partial charge in [0, 0.05) is 23.4 Å². The van der Waals surface area contributed by atoms with E-state index in [4.69, 9.17) is 4.52 Å². The lowest BCUT2D eigenvalue weighted by molar-refractivity contribution is 0.102. The van der Waals surface area contributed by atoms with Gasteiger partial charge in [0.25, 0.3) is 11.5 Å². The van der Waals surface area contributed by atoms with Gasteiger partial charge in [-0.3, -0.25) is 14.9 Å². The number of aromatic nitrogens is 4. The maximum absolute atomic E-state index is 12.1. The fourth-order valence-electron chi connectivity index (χ4n) is 2.36. The van der Waals surface area contributed by atoms with Gasteiger partial charge in [0.05, 0.1) is 5.69 Å². The van der Waals surface area contributed by atoms with E-state index in [2.05, 4.69) is 20.5 Å². The molecule has 1 N–H and O–H groups in total. The zero-order chi connectivity index (χ0) is 18.8. The summed E-state index contributed by atoms with van der Waals surface area (Å²) in [5.74, 6) is 0.836. The Hall–Kier alpha value is -2.98. The molecule has 0 aliphatic carbocycles. The summed E-state index contributed by atoms with van der Waals surface area (Å²) in [6.45, 7) is 1.76. The average molecular weight is 399 g/mol. The number of amides is 1. The van der Waals surface area contributed by atoms with Crippen LogP contribution < -0.4 is 10.9 Å². The first-order chi connectivity index (χ1) is 13.1. The van der Waals surface area contributed by atoms with E-state index in [0.29, 0.717) is 37.9 Å². The number of hydrogen-bond donors (Lipinski definition) is 1. The Balaban J connectivity index is 1.42. The summed E-state index contributed by atoms with van der Waals surface area (Å²) in [5.41, 5.74) is 1.38. The lowest BCUT2D eigenvalue weighted by Gasteiger charge is -2.00. The summed E-state index contributed by atoms with van der Waals surface area (Å²) >= 11 is 2.66. The Bertz CT molecular complexity index is 1170. The summed E-state index contributed by atoms with van der Waals surface area (Å²) in [6, 6.07) is 12.0. The maximum atomic E-state index is 12.1. The molecule has 0 spiro atoms. The van der Waals surface area contributed by atoms with Crippen LogP contribution in [0.15, 0.2) is 56.1 Å². The summed E-state index contributed by atoms with van der Waals surface area (Å²) < 4.78 is 7.10. The molecule has 1 amide bonds. The van der Waals surface area contributed by atoms with E-state index in [9.17, 15) is 9.59 Å². The van der Waals surface area contributed by atoms with Gasteiger partial charge in [-0.25, -0.2) is 4.98 Å². The van der Waals surface area contributed by atoms with Crippen LogP contribution in [0.3, 0.4) is 0 Å². The number of anilines is 1. The summed E-state index contributed by atoms with van der Waals surface area (Å²) in [7, 11) is 0. The van der Waals surface area contributed by atoms with Crippen molar-refractivity contribution in [1.29, 1.82) is 0 Å². The lowest BCUT2D eigenvalue weighted by Crippen LogP contribution is -2.12. The molecule has 0 atom stereocenters. The third kappa shape index (κ3) is 3.91. The number of carbonyl (C=O) groups is 1. The quantitative estimate of drug-likeness (QED) is 0.406. The molecule has 0 fully saturated rings. The largest absolute Gasteiger partial charge is 0.375 e.